The van der Waals surface area contributed by atoms with Crippen molar-refractivity contribution in [3.63, 3.8) is 0 Å². The van der Waals surface area contributed by atoms with Gasteiger partial charge in [-0.25, -0.2) is 4.39 Å². The number of halogens is 1. The van der Waals surface area contributed by atoms with E-state index >= 15 is 0 Å². The summed E-state index contributed by atoms with van der Waals surface area (Å²) in [6.07, 6.45) is 0.403. The van der Waals surface area contributed by atoms with E-state index in [4.69, 9.17) is 0 Å². The third-order valence-electron chi connectivity index (χ3n) is 3.93. The lowest BCUT2D eigenvalue weighted by Crippen LogP contribution is -2.27. The summed E-state index contributed by atoms with van der Waals surface area (Å²) in [4.78, 5) is 27.0. The van der Waals surface area contributed by atoms with Gasteiger partial charge in [0.2, 0.25) is 0 Å². The number of pyridine rings is 1. The number of benzene rings is 2. The summed E-state index contributed by atoms with van der Waals surface area (Å²) in [5, 5.41) is 3.66. The van der Waals surface area contributed by atoms with Crippen LogP contribution in [-0.4, -0.2) is 17.4 Å². The molecule has 1 amide bonds. The molecule has 122 valence electrons. The van der Waals surface area contributed by atoms with E-state index in [-0.39, 0.29) is 17.0 Å². The van der Waals surface area contributed by atoms with E-state index < -0.39 is 5.82 Å². The van der Waals surface area contributed by atoms with Gasteiger partial charge in [-0.2, -0.15) is 0 Å². The van der Waals surface area contributed by atoms with E-state index in [2.05, 4.69) is 10.3 Å². The highest BCUT2D eigenvalue weighted by molar-refractivity contribution is 5.94. The van der Waals surface area contributed by atoms with Crippen LogP contribution in [0, 0.1) is 12.7 Å². The molecule has 0 spiro atoms. The number of hydrogen-bond acceptors (Lipinski definition) is 2. The van der Waals surface area contributed by atoms with Gasteiger partial charge in [0.05, 0.1) is 5.52 Å². The van der Waals surface area contributed by atoms with Crippen molar-refractivity contribution in [3.8, 4) is 0 Å². The molecule has 1 aromatic heterocycles. The van der Waals surface area contributed by atoms with Crippen LogP contribution in [0.3, 0.4) is 0 Å². The third kappa shape index (κ3) is 3.35. The van der Waals surface area contributed by atoms with Gasteiger partial charge in [-0.15, -0.1) is 0 Å². The molecule has 0 aliphatic rings. The molecule has 24 heavy (non-hydrogen) atoms. The molecule has 3 aromatic rings. The highest BCUT2D eigenvalue weighted by Crippen LogP contribution is 2.15. The predicted molar refractivity (Wildman–Crippen MR) is 91.7 cm³/mol. The molecule has 0 radical (unpaired) electrons. The van der Waals surface area contributed by atoms with E-state index in [9.17, 15) is 14.0 Å². The lowest BCUT2D eigenvalue weighted by Gasteiger charge is -2.07. The van der Waals surface area contributed by atoms with Crippen molar-refractivity contribution in [2.75, 3.05) is 6.54 Å². The van der Waals surface area contributed by atoms with Gasteiger partial charge in [0, 0.05) is 17.7 Å². The van der Waals surface area contributed by atoms with Crippen LogP contribution in [0.15, 0.2) is 53.3 Å². The Hall–Kier alpha value is -2.95. The second-order valence-corrected chi connectivity index (χ2v) is 5.68. The van der Waals surface area contributed by atoms with Crippen molar-refractivity contribution in [2.24, 2.45) is 0 Å². The van der Waals surface area contributed by atoms with Gasteiger partial charge in [0.1, 0.15) is 5.82 Å². The first-order valence-electron chi connectivity index (χ1n) is 7.70. The zero-order chi connectivity index (χ0) is 17.1. The summed E-state index contributed by atoms with van der Waals surface area (Å²) in [7, 11) is 0. The Morgan fingerprint density at radius 1 is 1.17 bits per heavy atom. The number of fused-ring (bicyclic) bond motifs is 1. The Morgan fingerprint density at radius 3 is 2.75 bits per heavy atom. The molecule has 0 unspecified atom stereocenters. The fourth-order valence-corrected chi connectivity index (χ4v) is 2.66. The van der Waals surface area contributed by atoms with Crippen LogP contribution in [0.25, 0.3) is 10.9 Å². The Kier molecular flexibility index (Phi) is 4.42. The van der Waals surface area contributed by atoms with Crippen molar-refractivity contribution in [3.05, 3.63) is 81.4 Å². The largest absolute Gasteiger partial charge is 0.352 e. The zero-order valence-corrected chi connectivity index (χ0v) is 13.2. The monoisotopic (exact) mass is 324 g/mol. The standard InChI is InChI=1S/C19H17FN2O2/c1-12-4-2-5-13-10-15(19(24)22-17(12)13)8-9-21-18(23)14-6-3-7-16(20)11-14/h2-7,10-11H,8-9H2,1H3,(H,21,23)(H,22,24). The molecule has 0 saturated carbocycles. The fourth-order valence-electron chi connectivity index (χ4n) is 2.66. The Morgan fingerprint density at radius 2 is 1.96 bits per heavy atom. The lowest BCUT2D eigenvalue weighted by molar-refractivity contribution is 0.0953. The number of rotatable bonds is 4. The lowest BCUT2D eigenvalue weighted by atomic mass is 10.1. The number of hydrogen-bond donors (Lipinski definition) is 2. The van der Waals surface area contributed by atoms with Crippen molar-refractivity contribution >= 4 is 16.8 Å². The molecule has 2 N–H and O–H groups in total. The minimum atomic E-state index is -0.455. The van der Waals surface area contributed by atoms with Crippen molar-refractivity contribution < 1.29 is 9.18 Å². The van der Waals surface area contributed by atoms with Crippen LogP contribution in [0.5, 0.6) is 0 Å². The number of aryl methyl sites for hydroxylation is 1. The average Bonchev–Trinajstić information content (AvgIpc) is 2.56. The topological polar surface area (TPSA) is 62.0 Å². The van der Waals surface area contributed by atoms with Crippen molar-refractivity contribution in [2.45, 2.75) is 13.3 Å². The van der Waals surface area contributed by atoms with E-state index in [0.717, 1.165) is 16.5 Å². The first-order chi connectivity index (χ1) is 11.5. The highest BCUT2D eigenvalue weighted by atomic mass is 19.1. The number of carbonyl (C=O) groups is 1. The second-order valence-electron chi connectivity index (χ2n) is 5.68. The molecule has 5 heteroatoms. The van der Waals surface area contributed by atoms with Crippen LogP contribution in [0.1, 0.15) is 21.5 Å². The number of aromatic amines is 1. The summed E-state index contributed by atoms with van der Waals surface area (Å²) in [5.41, 5.74) is 2.55. The molecule has 4 nitrogen and oxygen atoms in total. The average molecular weight is 324 g/mol. The number of carbonyl (C=O) groups excluding carboxylic acids is 1. The fraction of sp³-hybridized carbons (Fsp3) is 0.158. The molecule has 2 aromatic carbocycles. The molecular formula is C19H17FN2O2. The van der Waals surface area contributed by atoms with Crippen molar-refractivity contribution in [1.82, 2.24) is 10.3 Å². The summed E-state index contributed by atoms with van der Waals surface area (Å²) >= 11 is 0. The third-order valence-corrected chi connectivity index (χ3v) is 3.93. The first-order valence-corrected chi connectivity index (χ1v) is 7.70. The van der Waals surface area contributed by atoms with E-state index in [1.807, 2.05) is 31.2 Å². The molecule has 0 saturated heterocycles. The Bertz CT molecular complexity index is 963. The van der Waals surface area contributed by atoms with Gasteiger partial charge in [0.25, 0.3) is 11.5 Å². The summed E-state index contributed by atoms with van der Waals surface area (Å²) < 4.78 is 13.1. The van der Waals surface area contributed by atoms with E-state index in [0.29, 0.717) is 18.5 Å². The maximum atomic E-state index is 13.1. The van der Waals surface area contributed by atoms with Crippen LogP contribution in [0.4, 0.5) is 4.39 Å². The highest BCUT2D eigenvalue weighted by Gasteiger charge is 2.08. The minimum absolute atomic E-state index is 0.156. The van der Waals surface area contributed by atoms with Gasteiger partial charge < -0.3 is 10.3 Å². The van der Waals surface area contributed by atoms with Crippen LogP contribution in [-0.2, 0) is 6.42 Å². The normalized spacial score (nSPS) is 10.8. The van der Waals surface area contributed by atoms with E-state index in [1.54, 1.807) is 6.07 Å². The van der Waals surface area contributed by atoms with Crippen LogP contribution in [0.2, 0.25) is 0 Å². The predicted octanol–water partition coefficient (Wildman–Crippen LogP) is 2.95. The molecule has 0 atom stereocenters. The van der Waals surface area contributed by atoms with E-state index in [1.165, 1.54) is 18.2 Å². The zero-order valence-electron chi connectivity index (χ0n) is 13.2. The van der Waals surface area contributed by atoms with Crippen molar-refractivity contribution in [1.29, 1.82) is 0 Å². The van der Waals surface area contributed by atoms with Crippen LogP contribution < -0.4 is 10.9 Å². The number of aromatic nitrogens is 1. The Labute approximate surface area is 138 Å². The van der Waals surface area contributed by atoms with Crippen LogP contribution >= 0.6 is 0 Å². The SMILES string of the molecule is Cc1cccc2cc(CCNC(=O)c3cccc(F)c3)c(=O)[nH]c12. The molecule has 1 heterocycles. The Balaban J connectivity index is 1.71. The maximum absolute atomic E-state index is 13.1. The molecule has 0 aliphatic heterocycles. The second kappa shape index (κ2) is 6.66. The van der Waals surface area contributed by atoms with Gasteiger partial charge in [-0.3, -0.25) is 9.59 Å². The molecule has 0 fully saturated rings. The van der Waals surface area contributed by atoms with Gasteiger partial charge in [-0.1, -0.05) is 24.3 Å². The number of para-hydroxylation sites is 1. The molecule has 3 rings (SSSR count). The number of H-pyrrole nitrogens is 1. The molecular weight excluding hydrogens is 307 g/mol. The van der Waals surface area contributed by atoms with Gasteiger partial charge in [-0.05, 0) is 48.6 Å². The minimum Gasteiger partial charge on any atom is -0.352 e. The number of nitrogens with one attached hydrogen (secondary N) is 2. The smallest absolute Gasteiger partial charge is 0.251 e. The summed E-state index contributed by atoms with van der Waals surface area (Å²) in [6.45, 7) is 2.24. The van der Waals surface area contributed by atoms with Gasteiger partial charge >= 0.3 is 0 Å². The maximum Gasteiger partial charge on any atom is 0.251 e. The quantitative estimate of drug-likeness (QED) is 0.775. The summed E-state index contributed by atoms with van der Waals surface area (Å²) in [5.74, 6) is -0.813. The summed E-state index contributed by atoms with van der Waals surface area (Å²) in [6, 6.07) is 13.2. The molecule has 0 bridgehead atoms. The molecule has 0 aliphatic carbocycles. The van der Waals surface area contributed by atoms with Gasteiger partial charge in [0.15, 0.2) is 0 Å². The first kappa shape index (κ1) is 15.9. The number of amides is 1.